The minimum absolute atomic E-state index is 0.157. The fourth-order valence-corrected chi connectivity index (χ4v) is 4.40. The van der Waals surface area contributed by atoms with Gasteiger partial charge >= 0.3 is 5.97 Å². The van der Waals surface area contributed by atoms with Crippen molar-refractivity contribution in [2.75, 3.05) is 17.7 Å². The van der Waals surface area contributed by atoms with Gasteiger partial charge in [0.15, 0.2) is 5.13 Å². The van der Waals surface area contributed by atoms with Gasteiger partial charge in [-0.25, -0.2) is 9.78 Å². The van der Waals surface area contributed by atoms with Crippen LogP contribution in [0.5, 0.6) is 0 Å². The fraction of sp³-hybridized carbons (Fsp3) is 0.318. The second kappa shape index (κ2) is 10.0. The zero-order valence-corrected chi connectivity index (χ0v) is 19.7. The van der Waals surface area contributed by atoms with Crippen LogP contribution in [0, 0.1) is 27.7 Å². The maximum atomic E-state index is 12.3. The third kappa shape index (κ3) is 5.68. The first-order valence-electron chi connectivity index (χ1n) is 9.77. The molecule has 0 spiro atoms. The van der Waals surface area contributed by atoms with Gasteiger partial charge in [-0.05, 0) is 69.5 Å². The Labute approximate surface area is 189 Å². The van der Waals surface area contributed by atoms with E-state index in [4.69, 9.17) is 4.74 Å². The summed E-state index contributed by atoms with van der Waals surface area (Å²) in [6, 6.07) is 8.05. The number of aromatic nitrogens is 3. The van der Waals surface area contributed by atoms with Crippen molar-refractivity contribution in [1.82, 2.24) is 15.2 Å². The molecule has 9 heteroatoms. The van der Waals surface area contributed by atoms with Crippen molar-refractivity contribution in [1.29, 1.82) is 0 Å². The largest absolute Gasteiger partial charge is 0.462 e. The minimum atomic E-state index is -0.429. The highest BCUT2D eigenvalue weighted by Crippen LogP contribution is 2.26. The third-order valence-corrected chi connectivity index (χ3v) is 6.58. The van der Waals surface area contributed by atoms with Crippen LogP contribution in [0.25, 0.3) is 11.3 Å². The molecule has 0 aliphatic rings. The molecular formula is C22H24N4O3S2. The summed E-state index contributed by atoms with van der Waals surface area (Å²) in [5.74, 6) is -0.504. The van der Waals surface area contributed by atoms with Crippen LogP contribution in [0.4, 0.5) is 5.13 Å². The van der Waals surface area contributed by atoms with E-state index >= 15 is 0 Å². The van der Waals surface area contributed by atoms with Gasteiger partial charge in [-0.2, -0.15) is 0 Å². The van der Waals surface area contributed by atoms with E-state index in [0.29, 0.717) is 20.7 Å². The normalized spacial score (nSPS) is 10.7. The smallest absolute Gasteiger partial charge is 0.350 e. The Bertz CT molecular complexity index is 1110. The number of carbonyl (C=O) groups excluding carboxylic acids is 2. The van der Waals surface area contributed by atoms with Gasteiger partial charge in [-0.1, -0.05) is 29.2 Å². The van der Waals surface area contributed by atoms with Gasteiger partial charge in [0.05, 0.1) is 23.7 Å². The molecule has 1 amide bonds. The Kier molecular flexibility index (Phi) is 7.40. The second-order valence-corrected chi connectivity index (χ2v) is 8.99. The van der Waals surface area contributed by atoms with Gasteiger partial charge in [0.2, 0.25) is 5.91 Å². The number of aryl methyl sites for hydroxylation is 4. The van der Waals surface area contributed by atoms with Crippen molar-refractivity contribution in [2.45, 2.75) is 39.6 Å². The second-order valence-electron chi connectivity index (χ2n) is 7.00. The number of amides is 1. The molecule has 0 saturated heterocycles. The standard InChI is InChI=1S/C22H24N4O3S2/c1-6-29-21(28)20-15(5)23-22(31-20)24-18(27)11-30-19-8-7-17(25-26-19)16-10-13(3)12(2)9-14(16)4/h7-10H,6,11H2,1-5H3,(H,23,24,27). The molecule has 7 nitrogen and oxygen atoms in total. The lowest BCUT2D eigenvalue weighted by Gasteiger charge is -2.09. The summed E-state index contributed by atoms with van der Waals surface area (Å²) in [5.41, 5.74) is 6.01. The molecule has 0 atom stereocenters. The molecule has 3 rings (SSSR count). The third-order valence-electron chi connectivity index (χ3n) is 4.61. The van der Waals surface area contributed by atoms with Crippen molar-refractivity contribution in [3.05, 3.63) is 51.5 Å². The zero-order valence-electron chi connectivity index (χ0n) is 18.1. The number of nitrogens with zero attached hydrogens (tertiary/aromatic N) is 3. The number of rotatable bonds is 7. The quantitative estimate of drug-likeness (QED) is 0.405. The number of nitrogens with one attached hydrogen (secondary N) is 1. The van der Waals surface area contributed by atoms with Crippen LogP contribution in [0.3, 0.4) is 0 Å². The average Bonchev–Trinajstić information content (AvgIpc) is 3.10. The summed E-state index contributed by atoms with van der Waals surface area (Å²) >= 11 is 2.39. The number of ether oxygens (including phenoxy) is 1. The number of anilines is 1. The predicted molar refractivity (Wildman–Crippen MR) is 124 cm³/mol. The Morgan fingerprint density at radius 3 is 2.48 bits per heavy atom. The number of thiazole rings is 1. The Morgan fingerprint density at radius 1 is 1.06 bits per heavy atom. The lowest BCUT2D eigenvalue weighted by Crippen LogP contribution is -2.14. The number of thioether (sulfide) groups is 1. The molecule has 0 bridgehead atoms. The van der Waals surface area contributed by atoms with Gasteiger partial charge in [0, 0.05) is 5.56 Å². The van der Waals surface area contributed by atoms with E-state index in [1.165, 1.54) is 22.9 Å². The number of carbonyl (C=O) groups is 2. The molecule has 1 N–H and O–H groups in total. The van der Waals surface area contributed by atoms with Crippen LogP contribution < -0.4 is 5.32 Å². The first-order chi connectivity index (χ1) is 14.8. The van der Waals surface area contributed by atoms with Gasteiger partial charge < -0.3 is 10.1 Å². The minimum Gasteiger partial charge on any atom is -0.462 e. The molecule has 3 aromatic rings. The van der Waals surface area contributed by atoms with Crippen LogP contribution in [-0.4, -0.2) is 39.4 Å². The number of esters is 1. The van der Waals surface area contributed by atoms with Crippen molar-refractivity contribution in [3.8, 4) is 11.3 Å². The van der Waals surface area contributed by atoms with Gasteiger partial charge in [-0.15, -0.1) is 10.2 Å². The fourth-order valence-electron chi connectivity index (χ4n) is 2.91. The Balaban J connectivity index is 1.59. The van der Waals surface area contributed by atoms with E-state index in [-0.39, 0.29) is 18.3 Å². The van der Waals surface area contributed by atoms with E-state index in [0.717, 1.165) is 28.2 Å². The van der Waals surface area contributed by atoms with Crippen molar-refractivity contribution in [3.63, 3.8) is 0 Å². The highest BCUT2D eigenvalue weighted by molar-refractivity contribution is 7.99. The first kappa shape index (κ1) is 22.9. The van der Waals surface area contributed by atoms with Gasteiger partial charge in [0.1, 0.15) is 9.90 Å². The summed E-state index contributed by atoms with van der Waals surface area (Å²) in [4.78, 5) is 28.8. The van der Waals surface area contributed by atoms with E-state index in [1.54, 1.807) is 13.8 Å². The van der Waals surface area contributed by atoms with Crippen molar-refractivity contribution >= 4 is 40.1 Å². The van der Waals surface area contributed by atoms with Crippen LogP contribution >= 0.6 is 23.1 Å². The number of hydrogen-bond acceptors (Lipinski definition) is 8. The van der Waals surface area contributed by atoms with Crippen molar-refractivity contribution < 1.29 is 14.3 Å². The molecule has 0 saturated carbocycles. The van der Waals surface area contributed by atoms with E-state index < -0.39 is 5.97 Å². The topological polar surface area (TPSA) is 94.1 Å². The summed E-state index contributed by atoms with van der Waals surface area (Å²) in [7, 11) is 0. The summed E-state index contributed by atoms with van der Waals surface area (Å²) in [5, 5.41) is 12.3. The molecule has 2 heterocycles. The van der Waals surface area contributed by atoms with E-state index in [9.17, 15) is 9.59 Å². The summed E-state index contributed by atoms with van der Waals surface area (Å²) < 4.78 is 4.99. The lowest BCUT2D eigenvalue weighted by atomic mass is 9.99. The van der Waals surface area contributed by atoms with Crippen LogP contribution in [0.1, 0.15) is 39.0 Å². The van der Waals surface area contributed by atoms with E-state index in [1.807, 2.05) is 12.1 Å². The zero-order chi connectivity index (χ0) is 22.5. The summed E-state index contributed by atoms with van der Waals surface area (Å²) in [6.45, 7) is 9.97. The SMILES string of the molecule is CCOC(=O)c1sc(NC(=O)CSc2ccc(-c3cc(C)c(C)cc3C)nn2)nc1C. The molecule has 0 radical (unpaired) electrons. The average molecular weight is 457 g/mol. The molecule has 0 aliphatic heterocycles. The highest BCUT2D eigenvalue weighted by atomic mass is 32.2. The Morgan fingerprint density at radius 2 is 1.81 bits per heavy atom. The molecule has 162 valence electrons. The first-order valence-corrected chi connectivity index (χ1v) is 11.6. The van der Waals surface area contributed by atoms with Gasteiger partial charge in [0.25, 0.3) is 0 Å². The number of hydrogen-bond donors (Lipinski definition) is 1. The van der Waals surface area contributed by atoms with Crippen LogP contribution in [0.2, 0.25) is 0 Å². The molecule has 1 aromatic carbocycles. The molecule has 31 heavy (non-hydrogen) atoms. The number of benzene rings is 1. The van der Waals surface area contributed by atoms with E-state index in [2.05, 4.69) is 53.4 Å². The Hall–Kier alpha value is -2.78. The van der Waals surface area contributed by atoms with Gasteiger partial charge in [-0.3, -0.25) is 4.79 Å². The summed E-state index contributed by atoms with van der Waals surface area (Å²) in [6.07, 6.45) is 0. The maximum Gasteiger partial charge on any atom is 0.350 e. The lowest BCUT2D eigenvalue weighted by molar-refractivity contribution is -0.113. The molecule has 0 unspecified atom stereocenters. The molecule has 0 fully saturated rings. The van der Waals surface area contributed by atoms with Crippen LogP contribution in [-0.2, 0) is 9.53 Å². The van der Waals surface area contributed by atoms with Crippen LogP contribution in [0.15, 0.2) is 29.3 Å². The predicted octanol–water partition coefficient (Wildman–Crippen LogP) is 4.74. The van der Waals surface area contributed by atoms with Crippen molar-refractivity contribution in [2.24, 2.45) is 0 Å². The maximum absolute atomic E-state index is 12.3. The highest BCUT2D eigenvalue weighted by Gasteiger charge is 2.17. The molecule has 0 aliphatic carbocycles. The molecule has 2 aromatic heterocycles. The molecular weight excluding hydrogens is 432 g/mol. The monoisotopic (exact) mass is 456 g/mol.